The molecule has 0 bridgehead atoms. The van der Waals surface area contributed by atoms with Crippen molar-refractivity contribution >= 4 is 17.5 Å². The van der Waals surface area contributed by atoms with Crippen molar-refractivity contribution in [3.8, 4) is 0 Å². The van der Waals surface area contributed by atoms with Crippen LogP contribution >= 0.6 is 11.6 Å². The number of likely N-dealkylation sites (tertiary alicyclic amines) is 1. The van der Waals surface area contributed by atoms with Gasteiger partial charge in [-0.1, -0.05) is 11.6 Å². The molecule has 20 heavy (non-hydrogen) atoms. The van der Waals surface area contributed by atoms with E-state index in [0.717, 1.165) is 24.9 Å². The molecule has 2 aromatic heterocycles. The fraction of sp³-hybridized carbons (Fsp3) is 0.286. The minimum absolute atomic E-state index is 0.0753. The minimum Gasteiger partial charge on any atom is -0.330 e. The summed E-state index contributed by atoms with van der Waals surface area (Å²) in [6.07, 6.45) is 8.29. The van der Waals surface area contributed by atoms with E-state index in [1.807, 2.05) is 17.0 Å². The highest BCUT2D eigenvalue weighted by atomic mass is 35.5. The van der Waals surface area contributed by atoms with Gasteiger partial charge in [0.05, 0.1) is 18.4 Å². The molecule has 3 heterocycles. The minimum atomic E-state index is -0.126. The Morgan fingerprint density at radius 2 is 2.05 bits per heavy atom. The van der Waals surface area contributed by atoms with Gasteiger partial charge in [-0.05, 0) is 30.5 Å². The molecule has 0 aromatic carbocycles. The van der Waals surface area contributed by atoms with Crippen LogP contribution in [0.15, 0.2) is 36.9 Å². The van der Waals surface area contributed by atoms with Crippen LogP contribution in [0, 0.1) is 0 Å². The molecule has 0 aliphatic carbocycles. The van der Waals surface area contributed by atoms with Crippen molar-refractivity contribution in [1.82, 2.24) is 19.9 Å². The third-order valence-electron chi connectivity index (χ3n) is 3.43. The Labute approximate surface area is 121 Å². The van der Waals surface area contributed by atoms with Gasteiger partial charge in [0.15, 0.2) is 0 Å². The van der Waals surface area contributed by atoms with Gasteiger partial charge in [-0.2, -0.15) is 0 Å². The number of hydrogen-bond acceptors (Lipinski definition) is 4. The van der Waals surface area contributed by atoms with E-state index >= 15 is 0 Å². The lowest BCUT2D eigenvalue weighted by atomic mass is 10.1. The summed E-state index contributed by atoms with van der Waals surface area (Å²) in [5, 5.41) is 0.232. The number of carbonyl (C=O) groups is 1. The molecule has 0 N–H and O–H groups in total. The fourth-order valence-corrected chi connectivity index (χ4v) is 2.68. The smallest absolute Gasteiger partial charge is 0.274 e. The quantitative estimate of drug-likeness (QED) is 0.852. The Hall–Kier alpha value is -2.01. The molecule has 0 spiro atoms. The molecule has 1 saturated heterocycles. The van der Waals surface area contributed by atoms with Gasteiger partial charge in [0.2, 0.25) is 0 Å². The fourth-order valence-electron chi connectivity index (χ4n) is 2.53. The first-order chi connectivity index (χ1) is 9.75. The number of nitrogens with zero attached hydrogens (tertiary/aromatic N) is 4. The van der Waals surface area contributed by atoms with Gasteiger partial charge < -0.3 is 4.90 Å². The van der Waals surface area contributed by atoms with Gasteiger partial charge in [0.1, 0.15) is 10.8 Å². The topological polar surface area (TPSA) is 59.0 Å². The molecule has 0 saturated carbocycles. The molecule has 1 aliphatic heterocycles. The van der Waals surface area contributed by atoms with E-state index in [1.165, 1.54) is 12.4 Å². The summed E-state index contributed by atoms with van der Waals surface area (Å²) in [6.45, 7) is 0.722. The number of aromatic nitrogens is 3. The molecule has 102 valence electrons. The molecule has 1 unspecified atom stereocenters. The van der Waals surface area contributed by atoms with Crippen molar-refractivity contribution in [1.29, 1.82) is 0 Å². The van der Waals surface area contributed by atoms with E-state index in [0.29, 0.717) is 5.69 Å². The van der Waals surface area contributed by atoms with Gasteiger partial charge in [0.25, 0.3) is 5.91 Å². The summed E-state index contributed by atoms with van der Waals surface area (Å²) in [5.74, 6) is -0.126. The third-order valence-corrected chi connectivity index (χ3v) is 3.61. The lowest BCUT2D eigenvalue weighted by molar-refractivity contribution is 0.0729. The third kappa shape index (κ3) is 2.49. The molecule has 1 amide bonds. The number of rotatable bonds is 2. The molecule has 6 heteroatoms. The number of halogens is 1. The lowest BCUT2D eigenvalue weighted by Gasteiger charge is -2.24. The highest BCUT2D eigenvalue weighted by Crippen LogP contribution is 2.32. The zero-order chi connectivity index (χ0) is 13.9. The van der Waals surface area contributed by atoms with Gasteiger partial charge in [-0.3, -0.25) is 14.8 Å². The van der Waals surface area contributed by atoms with Crippen molar-refractivity contribution in [2.75, 3.05) is 6.54 Å². The average molecular weight is 289 g/mol. The van der Waals surface area contributed by atoms with Crippen LogP contribution in [0.1, 0.15) is 34.9 Å². The average Bonchev–Trinajstić information content (AvgIpc) is 2.97. The van der Waals surface area contributed by atoms with Gasteiger partial charge >= 0.3 is 0 Å². The number of pyridine rings is 1. The monoisotopic (exact) mass is 288 g/mol. The molecule has 0 radical (unpaired) electrons. The SMILES string of the molecule is O=C(c1cncc(Cl)n1)N1CCCC1c1ccncc1. The highest BCUT2D eigenvalue weighted by Gasteiger charge is 2.31. The van der Waals surface area contributed by atoms with Crippen LogP contribution in [-0.2, 0) is 0 Å². The second-order valence-electron chi connectivity index (χ2n) is 4.66. The maximum absolute atomic E-state index is 12.5. The van der Waals surface area contributed by atoms with E-state index in [1.54, 1.807) is 12.4 Å². The zero-order valence-electron chi connectivity index (χ0n) is 10.7. The highest BCUT2D eigenvalue weighted by molar-refractivity contribution is 6.29. The first-order valence-electron chi connectivity index (χ1n) is 6.44. The molecule has 1 atom stereocenters. The summed E-state index contributed by atoms with van der Waals surface area (Å²) in [7, 11) is 0. The Balaban J connectivity index is 1.87. The lowest BCUT2D eigenvalue weighted by Crippen LogP contribution is -2.31. The summed E-state index contributed by atoms with van der Waals surface area (Å²) in [6, 6.07) is 3.96. The summed E-state index contributed by atoms with van der Waals surface area (Å²) >= 11 is 5.80. The van der Waals surface area contributed by atoms with Gasteiger partial charge in [0, 0.05) is 18.9 Å². The van der Waals surface area contributed by atoms with E-state index in [-0.39, 0.29) is 17.1 Å². The van der Waals surface area contributed by atoms with Crippen LogP contribution < -0.4 is 0 Å². The molecule has 1 aliphatic rings. The molecular weight excluding hydrogens is 276 g/mol. The van der Waals surface area contributed by atoms with E-state index in [9.17, 15) is 4.79 Å². The second-order valence-corrected chi connectivity index (χ2v) is 5.05. The van der Waals surface area contributed by atoms with E-state index in [2.05, 4.69) is 15.0 Å². The Morgan fingerprint density at radius 3 is 2.80 bits per heavy atom. The predicted molar refractivity (Wildman–Crippen MR) is 74.3 cm³/mol. The van der Waals surface area contributed by atoms with Crippen molar-refractivity contribution in [2.45, 2.75) is 18.9 Å². The Bertz CT molecular complexity index is 620. The van der Waals surface area contributed by atoms with Crippen molar-refractivity contribution < 1.29 is 4.79 Å². The van der Waals surface area contributed by atoms with Gasteiger partial charge in [-0.25, -0.2) is 4.98 Å². The van der Waals surface area contributed by atoms with E-state index in [4.69, 9.17) is 11.6 Å². The molecule has 1 fully saturated rings. The van der Waals surface area contributed by atoms with Crippen LogP contribution in [-0.4, -0.2) is 32.3 Å². The van der Waals surface area contributed by atoms with Crippen LogP contribution in [0.2, 0.25) is 5.15 Å². The second kappa shape index (κ2) is 5.54. The van der Waals surface area contributed by atoms with E-state index < -0.39 is 0 Å². The number of carbonyl (C=O) groups excluding carboxylic acids is 1. The van der Waals surface area contributed by atoms with Crippen LogP contribution in [0.25, 0.3) is 0 Å². The van der Waals surface area contributed by atoms with Crippen molar-refractivity contribution in [3.05, 3.63) is 53.3 Å². The Kier molecular flexibility index (Phi) is 3.60. The molecule has 5 nitrogen and oxygen atoms in total. The first kappa shape index (κ1) is 13.0. The maximum atomic E-state index is 12.5. The summed E-state index contributed by atoms with van der Waals surface area (Å²) < 4.78 is 0. The molecule has 3 rings (SSSR count). The van der Waals surface area contributed by atoms with Crippen molar-refractivity contribution in [3.63, 3.8) is 0 Å². The normalized spacial score (nSPS) is 18.2. The van der Waals surface area contributed by atoms with Crippen LogP contribution in [0.5, 0.6) is 0 Å². The largest absolute Gasteiger partial charge is 0.330 e. The van der Waals surface area contributed by atoms with Crippen LogP contribution in [0.4, 0.5) is 0 Å². The van der Waals surface area contributed by atoms with Gasteiger partial charge in [-0.15, -0.1) is 0 Å². The Morgan fingerprint density at radius 1 is 1.25 bits per heavy atom. The number of hydrogen-bond donors (Lipinski definition) is 0. The predicted octanol–water partition coefficient (Wildman–Crippen LogP) is 2.50. The number of amides is 1. The summed E-state index contributed by atoms with van der Waals surface area (Å²) in [5.41, 5.74) is 1.39. The standard InChI is InChI=1S/C14H13ClN4O/c15-13-9-17-8-11(18-13)14(20)19-7-1-2-12(19)10-3-5-16-6-4-10/h3-6,8-9,12H,1-2,7H2. The summed E-state index contributed by atoms with van der Waals surface area (Å²) in [4.78, 5) is 26.3. The first-order valence-corrected chi connectivity index (χ1v) is 6.82. The molecular formula is C14H13ClN4O. The van der Waals surface area contributed by atoms with Crippen LogP contribution in [0.3, 0.4) is 0 Å². The zero-order valence-corrected chi connectivity index (χ0v) is 11.5. The molecule has 2 aromatic rings. The van der Waals surface area contributed by atoms with Crippen molar-refractivity contribution in [2.24, 2.45) is 0 Å². The maximum Gasteiger partial charge on any atom is 0.274 e.